The largest absolute Gasteiger partial charge is 0.376 e. The van der Waals surface area contributed by atoms with Crippen LogP contribution in [0, 0.1) is 0 Å². The average Bonchev–Trinajstić information content (AvgIpc) is 3.19. The molecule has 144 valence electrons. The number of hydrogen-bond donors (Lipinski definition) is 3. The average molecular weight is 377 g/mol. The summed E-state index contributed by atoms with van der Waals surface area (Å²) >= 11 is 0. The molecule has 1 aliphatic heterocycles. The van der Waals surface area contributed by atoms with Crippen LogP contribution >= 0.6 is 0 Å². The van der Waals surface area contributed by atoms with Crippen molar-refractivity contribution in [2.45, 2.75) is 25.9 Å². The van der Waals surface area contributed by atoms with Crippen molar-refractivity contribution < 1.29 is 9.53 Å². The Morgan fingerprint density at radius 2 is 2.00 bits per heavy atom. The Balaban J connectivity index is 1.59. The number of fused-ring (bicyclic) bond motifs is 1. The molecule has 1 amide bonds. The molecule has 0 radical (unpaired) electrons. The van der Waals surface area contributed by atoms with Crippen LogP contribution in [0.15, 0.2) is 48.5 Å². The Bertz CT molecular complexity index is 985. The number of aromatic nitrogens is 2. The molecule has 2 heterocycles. The van der Waals surface area contributed by atoms with Crippen molar-refractivity contribution in [1.82, 2.24) is 9.97 Å². The van der Waals surface area contributed by atoms with Crippen molar-refractivity contribution in [3.8, 4) is 0 Å². The van der Waals surface area contributed by atoms with Crippen LogP contribution < -0.4 is 16.0 Å². The number of nitrogens with zero attached hydrogens (tertiary/aromatic N) is 2. The first kappa shape index (κ1) is 18.2. The van der Waals surface area contributed by atoms with E-state index in [0.29, 0.717) is 5.95 Å². The maximum absolute atomic E-state index is 11.3. The first-order valence-corrected chi connectivity index (χ1v) is 9.44. The highest BCUT2D eigenvalue weighted by Gasteiger charge is 2.16. The fourth-order valence-corrected chi connectivity index (χ4v) is 3.29. The molecule has 1 saturated heterocycles. The van der Waals surface area contributed by atoms with Crippen molar-refractivity contribution in [3.63, 3.8) is 0 Å². The summed E-state index contributed by atoms with van der Waals surface area (Å²) in [6.45, 7) is 3.03. The minimum absolute atomic E-state index is 0.111. The number of amides is 1. The van der Waals surface area contributed by atoms with Crippen LogP contribution in [-0.2, 0) is 9.53 Å². The van der Waals surface area contributed by atoms with Gasteiger partial charge in [0.1, 0.15) is 5.82 Å². The zero-order chi connectivity index (χ0) is 19.3. The molecule has 3 N–H and O–H groups in total. The Hall–Kier alpha value is -3.19. The summed E-state index contributed by atoms with van der Waals surface area (Å²) in [5, 5.41) is 10.4. The van der Waals surface area contributed by atoms with Crippen LogP contribution in [0.4, 0.5) is 23.1 Å². The second kappa shape index (κ2) is 8.22. The molecular weight excluding hydrogens is 354 g/mol. The zero-order valence-corrected chi connectivity index (χ0v) is 15.7. The summed E-state index contributed by atoms with van der Waals surface area (Å²) in [5.41, 5.74) is 2.37. The van der Waals surface area contributed by atoms with Crippen LogP contribution in [0.5, 0.6) is 0 Å². The Morgan fingerprint density at radius 1 is 1.14 bits per heavy atom. The molecule has 28 heavy (non-hydrogen) atoms. The number of para-hydroxylation sites is 1. The van der Waals surface area contributed by atoms with E-state index in [2.05, 4.69) is 25.9 Å². The highest BCUT2D eigenvalue weighted by atomic mass is 16.5. The summed E-state index contributed by atoms with van der Waals surface area (Å²) in [6, 6.07) is 15.4. The summed E-state index contributed by atoms with van der Waals surface area (Å²) in [5.74, 6) is 1.16. The molecule has 7 heteroatoms. The summed E-state index contributed by atoms with van der Waals surface area (Å²) in [4.78, 5) is 20.6. The van der Waals surface area contributed by atoms with Gasteiger partial charge in [-0.25, -0.2) is 4.98 Å². The molecule has 0 bridgehead atoms. The number of carbonyl (C=O) groups is 1. The van der Waals surface area contributed by atoms with Crippen molar-refractivity contribution >= 4 is 40.0 Å². The van der Waals surface area contributed by atoms with Gasteiger partial charge >= 0.3 is 0 Å². The number of nitrogens with one attached hydrogen (secondary N) is 3. The second-order valence-corrected chi connectivity index (χ2v) is 6.82. The molecule has 2 aromatic carbocycles. The van der Waals surface area contributed by atoms with Gasteiger partial charge in [0.25, 0.3) is 0 Å². The van der Waals surface area contributed by atoms with E-state index in [1.54, 1.807) is 0 Å². The molecular formula is C21H23N5O2. The van der Waals surface area contributed by atoms with Gasteiger partial charge in [-0.15, -0.1) is 0 Å². The Labute approximate surface area is 163 Å². The smallest absolute Gasteiger partial charge is 0.229 e. The van der Waals surface area contributed by atoms with Gasteiger partial charge in [-0.2, -0.15) is 4.98 Å². The van der Waals surface area contributed by atoms with Crippen LogP contribution in [0.1, 0.15) is 19.8 Å². The maximum Gasteiger partial charge on any atom is 0.229 e. The second-order valence-electron chi connectivity index (χ2n) is 6.82. The van der Waals surface area contributed by atoms with E-state index in [1.807, 2.05) is 48.5 Å². The van der Waals surface area contributed by atoms with E-state index < -0.39 is 0 Å². The summed E-state index contributed by atoms with van der Waals surface area (Å²) in [6.07, 6.45) is 2.39. The lowest BCUT2D eigenvalue weighted by molar-refractivity contribution is -0.114. The number of ether oxygens (including phenoxy) is 1. The lowest BCUT2D eigenvalue weighted by Gasteiger charge is -2.15. The van der Waals surface area contributed by atoms with Crippen molar-refractivity contribution in [2.24, 2.45) is 0 Å². The standard InChI is InChI=1S/C21H23N5O2/c1-14(27)23-15-6-4-7-16(12-15)24-21-25-19-10-3-2-9-18(19)20(26-21)22-13-17-8-5-11-28-17/h2-4,6-7,9-10,12,17H,5,8,11,13H2,1H3,(H,23,27)(H2,22,24,25,26)/t17-/m0/s1. The minimum Gasteiger partial charge on any atom is -0.376 e. The fourth-order valence-electron chi connectivity index (χ4n) is 3.29. The molecule has 7 nitrogen and oxygen atoms in total. The SMILES string of the molecule is CC(=O)Nc1cccc(Nc2nc(NC[C@@H]3CCCO3)c3ccccc3n2)c1. The number of rotatable bonds is 6. The number of benzene rings is 2. The first-order valence-electron chi connectivity index (χ1n) is 9.44. The Kier molecular flexibility index (Phi) is 5.34. The van der Waals surface area contributed by atoms with Crippen molar-refractivity contribution in [2.75, 3.05) is 29.1 Å². The normalized spacial score (nSPS) is 16.1. The van der Waals surface area contributed by atoms with Crippen molar-refractivity contribution in [3.05, 3.63) is 48.5 Å². The maximum atomic E-state index is 11.3. The predicted molar refractivity (Wildman–Crippen MR) is 111 cm³/mol. The van der Waals surface area contributed by atoms with E-state index >= 15 is 0 Å². The van der Waals surface area contributed by atoms with E-state index in [-0.39, 0.29) is 12.0 Å². The molecule has 1 fully saturated rings. The van der Waals surface area contributed by atoms with Gasteiger partial charge in [0, 0.05) is 36.8 Å². The highest BCUT2D eigenvalue weighted by molar-refractivity contribution is 5.91. The van der Waals surface area contributed by atoms with Gasteiger partial charge in [0.2, 0.25) is 11.9 Å². The highest BCUT2D eigenvalue weighted by Crippen LogP contribution is 2.25. The Morgan fingerprint density at radius 3 is 2.82 bits per heavy atom. The molecule has 4 rings (SSSR count). The number of anilines is 4. The molecule has 0 spiro atoms. The van der Waals surface area contributed by atoms with E-state index in [4.69, 9.17) is 4.74 Å². The number of carbonyl (C=O) groups excluding carboxylic acids is 1. The summed E-state index contributed by atoms with van der Waals surface area (Å²) < 4.78 is 5.70. The lowest BCUT2D eigenvalue weighted by atomic mass is 10.2. The first-order chi connectivity index (χ1) is 13.7. The van der Waals surface area contributed by atoms with Gasteiger partial charge in [-0.05, 0) is 43.2 Å². The van der Waals surface area contributed by atoms with Crippen LogP contribution in [0.25, 0.3) is 10.9 Å². The van der Waals surface area contributed by atoms with Crippen molar-refractivity contribution in [1.29, 1.82) is 0 Å². The molecule has 1 aromatic heterocycles. The third-order valence-corrected chi connectivity index (χ3v) is 4.56. The lowest BCUT2D eigenvalue weighted by Crippen LogP contribution is -2.19. The van der Waals surface area contributed by atoms with Gasteiger partial charge in [-0.3, -0.25) is 4.79 Å². The molecule has 1 aliphatic rings. The van der Waals surface area contributed by atoms with Crippen LogP contribution in [0.2, 0.25) is 0 Å². The van der Waals surface area contributed by atoms with Gasteiger partial charge in [0.15, 0.2) is 0 Å². The fraction of sp³-hybridized carbons (Fsp3) is 0.286. The zero-order valence-electron chi connectivity index (χ0n) is 15.7. The minimum atomic E-state index is -0.111. The monoisotopic (exact) mass is 377 g/mol. The molecule has 0 aliphatic carbocycles. The third-order valence-electron chi connectivity index (χ3n) is 4.56. The molecule has 1 atom stereocenters. The predicted octanol–water partition coefficient (Wildman–Crippen LogP) is 3.92. The quantitative estimate of drug-likeness (QED) is 0.603. The molecule has 0 saturated carbocycles. The topological polar surface area (TPSA) is 88.2 Å². The molecule has 0 unspecified atom stereocenters. The third kappa shape index (κ3) is 4.37. The van der Waals surface area contributed by atoms with E-state index in [9.17, 15) is 4.79 Å². The summed E-state index contributed by atoms with van der Waals surface area (Å²) in [7, 11) is 0. The van der Waals surface area contributed by atoms with Gasteiger partial charge in [-0.1, -0.05) is 18.2 Å². The van der Waals surface area contributed by atoms with Crippen LogP contribution in [-0.4, -0.2) is 35.1 Å². The van der Waals surface area contributed by atoms with E-state index in [0.717, 1.165) is 54.1 Å². The number of hydrogen-bond acceptors (Lipinski definition) is 6. The van der Waals surface area contributed by atoms with E-state index in [1.165, 1.54) is 6.92 Å². The molecule has 3 aromatic rings. The van der Waals surface area contributed by atoms with Crippen LogP contribution in [0.3, 0.4) is 0 Å². The van der Waals surface area contributed by atoms with Gasteiger partial charge in [0.05, 0.1) is 11.6 Å². The van der Waals surface area contributed by atoms with Gasteiger partial charge < -0.3 is 20.7 Å².